The Labute approximate surface area is 114 Å². The molecule has 1 aromatic rings. The average molecular weight is 260 g/mol. The lowest BCUT2D eigenvalue weighted by Crippen LogP contribution is -2.39. The second-order valence-corrected chi connectivity index (χ2v) is 4.63. The molecule has 0 aromatic heterocycles. The Morgan fingerprint density at radius 3 is 2.89 bits per heavy atom. The van der Waals surface area contributed by atoms with Gasteiger partial charge < -0.3 is 15.8 Å². The highest BCUT2D eigenvalue weighted by Gasteiger charge is 2.09. The zero-order chi connectivity index (χ0) is 13.5. The van der Waals surface area contributed by atoms with E-state index in [4.69, 9.17) is 15.7 Å². The van der Waals surface area contributed by atoms with Crippen molar-refractivity contribution in [2.75, 3.05) is 50.4 Å². The normalized spacial score (nSPS) is 15.9. The van der Waals surface area contributed by atoms with Crippen LogP contribution in [0.4, 0.5) is 11.4 Å². The number of hydrogen-bond donors (Lipinski definition) is 2. The largest absolute Gasteiger partial charge is 0.398 e. The minimum absolute atomic E-state index is 0.352. The first-order valence-corrected chi connectivity index (χ1v) is 6.59. The monoisotopic (exact) mass is 260 g/mol. The molecule has 0 aliphatic carbocycles. The molecule has 1 aliphatic heterocycles. The van der Waals surface area contributed by atoms with E-state index < -0.39 is 0 Å². The van der Waals surface area contributed by atoms with Crippen molar-refractivity contribution in [1.29, 1.82) is 5.26 Å². The molecule has 5 nitrogen and oxygen atoms in total. The number of nitriles is 1. The fraction of sp³-hybridized carbons (Fsp3) is 0.500. The summed E-state index contributed by atoms with van der Waals surface area (Å²) in [7, 11) is 0. The summed E-state index contributed by atoms with van der Waals surface area (Å²) in [6.45, 7) is 5.55. The predicted octanol–water partition coefficient (Wildman–Crippen LogP) is 1.08. The van der Waals surface area contributed by atoms with Crippen LogP contribution < -0.4 is 11.1 Å². The molecule has 0 bridgehead atoms. The third kappa shape index (κ3) is 4.12. The maximum Gasteiger partial charge on any atom is 0.0670 e. The van der Waals surface area contributed by atoms with Crippen molar-refractivity contribution < 1.29 is 4.74 Å². The molecule has 1 fully saturated rings. The number of hydrogen-bond acceptors (Lipinski definition) is 5. The zero-order valence-corrected chi connectivity index (χ0v) is 11.1. The minimum Gasteiger partial charge on any atom is -0.398 e. The van der Waals surface area contributed by atoms with Crippen LogP contribution in [0.5, 0.6) is 0 Å². The molecule has 0 saturated carbocycles. The maximum absolute atomic E-state index is 8.74. The lowest BCUT2D eigenvalue weighted by atomic mass is 10.1. The number of nitrogen functional groups attached to an aromatic ring is 1. The number of nitrogens with one attached hydrogen (secondary N) is 1. The van der Waals surface area contributed by atoms with Crippen molar-refractivity contribution in [1.82, 2.24) is 4.90 Å². The molecule has 0 amide bonds. The second kappa shape index (κ2) is 6.98. The molecule has 0 unspecified atom stereocenters. The molecule has 0 spiro atoms. The van der Waals surface area contributed by atoms with Gasteiger partial charge in [-0.25, -0.2) is 0 Å². The Hall–Kier alpha value is -1.77. The molecule has 1 saturated heterocycles. The van der Waals surface area contributed by atoms with Crippen LogP contribution in [0.3, 0.4) is 0 Å². The highest BCUT2D eigenvalue weighted by atomic mass is 16.5. The van der Waals surface area contributed by atoms with Crippen LogP contribution in [-0.2, 0) is 11.2 Å². The van der Waals surface area contributed by atoms with Crippen molar-refractivity contribution in [3.63, 3.8) is 0 Å². The van der Waals surface area contributed by atoms with Gasteiger partial charge in [0.2, 0.25) is 0 Å². The van der Waals surface area contributed by atoms with Gasteiger partial charge >= 0.3 is 0 Å². The molecule has 3 N–H and O–H groups in total. The molecule has 1 aliphatic rings. The number of nitrogens with two attached hydrogens (primary N) is 1. The number of rotatable bonds is 5. The van der Waals surface area contributed by atoms with Gasteiger partial charge in [-0.05, 0) is 23.8 Å². The molecule has 19 heavy (non-hydrogen) atoms. The summed E-state index contributed by atoms with van der Waals surface area (Å²) >= 11 is 0. The molecule has 1 aromatic carbocycles. The Kier molecular flexibility index (Phi) is 5.01. The molecule has 0 radical (unpaired) electrons. The van der Waals surface area contributed by atoms with E-state index in [0.717, 1.165) is 50.6 Å². The SMILES string of the molecule is N#CCc1cc(NCCN2CCOCC2)ccc1N. The van der Waals surface area contributed by atoms with Crippen LogP contribution in [0.25, 0.3) is 0 Å². The molecule has 5 heteroatoms. The average Bonchev–Trinajstić information content (AvgIpc) is 2.44. The fourth-order valence-corrected chi connectivity index (χ4v) is 2.14. The quantitative estimate of drug-likeness (QED) is 0.775. The van der Waals surface area contributed by atoms with Gasteiger partial charge in [-0.1, -0.05) is 0 Å². The standard InChI is InChI=1S/C14H20N4O/c15-4-3-12-11-13(1-2-14(12)16)17-5-6-18-7-9-19-10-8-18/h1-2,11,17H,3,5-10,16H2. The number of anilines is 2. The van der Waals surface area contributed by atoms with Crippen molar-refractivity contribution in [3.05, 3.63) is 23.8 Å². The van der Waals surface area contributed by atoms with Crippen LogP contribution in [0.1, 0.15) is 5.56 Å². The summed E-state index contributed by atoms with van der Waals surface area (Å²) in [6.07, 6.45) is 0.352. The summed E-state index contributed by atoms with van der Waals surface area (Å²) in [5.74, 6) is 0. The van der Waals surface area contributed by atoms with E-state index in [9.17, 15) is 0 Å². The summed E-state index contributed by atoms with van der Waals surface area (Å²) in [6, 6.07) is 7.89. The fourth-order valence-electron chi connectivity index (χ4n) is 2.14. The predicted molar refractivity (Wildman–Crippen MR) is 75.9 cm³/mol. The summed E-state index contributed by atoms with van der Waals surface area (Å²) < 4.78 is 5.31. The van der Waals surface area contributed by atoms with E-state index >= 15 is 0 Å². The van der Waals surface area contributed by atoms with Crippen LogP contribution in [0.15, 0.2) is 18.2 Å². The highest BCUT2D eigenvalue weighted by molar-refractivity contribution is 5.58. The Bertz CT molecular complexity index is 449. The van der Waals surface area contributed by atoms with E-state index in [2.05, 4.69) is 16.3 Å². The van der Waals surface area contributed by atoms with Gasteiger partial charge in [-0.15, -0.1) is 0 Å². The van der Waals surface area contributed by atoms with Gasteiger partial charge in [-0.2, -0.15) is 5.26 Å². The van der Waals surface area contributed by atoms with Crippen molar-refractivity contribution in [3.8, 4) is 6.07 Å². The first kappa shape index (κ1) is 13.7. The third-order valence-corrected chi connectivity index (χ3v) is 3.27. The first-order chi connectivity index (χ1) is 9.29. The van der Waals surface area contributed by atoms with Crippen molar-refractivity contribution >= 4 is 11.4 Å². The molecule has 0 atom stereocenters. The molecule has 2 rings (SSSR count). The van der Waals surface area contributed by atoms with Crippen molar-refractivity contribution in [2.45, 2.75) is 6.42 Å². The van der Waals surface area contributed by atoms with E-state index in [0.29, 0.717) is 12.1 Å². The van der Waals surface area contributed by atoms with E-state index in [1.807, 2.05) is 18.2 Å². The first-order valence-electron chi connectivity index (χ1n) is 6.59. The maximum atomic E-state index is 8.74. The van der Waals surface area contributed by atoms with Crippen LogP contribution in [-0.4, -0.2) is 44.3 Å². The number of benzene rings is 1. The van der Waals surface area contributed by atoms with E-state index in [-0.39, 0.29) is 0 Å². The number of nitrogens with zero attached hydrogens (tertiary/aromatic N) is 2. The summed E-state index contributed by atoms with van der Waals surface area (Å²) in [4.78, 5) is 2.38. The van der Waals surface area contributed by atoms with Crippen LogP contribution in [0, 0.1) is 11.3 Å². The Morgan fingerprint density at radius 2 is 2.16 bits per heavy atom. The minimum atomic E-state index is 0.352. The smallest absolute Gasteiger partial charge is 0.0670 e. The Morgan fingerprint density at radius 1 is 1.37 bits per heavy atom. The lowest BCUT2D eigenvalue weighted by Gasteiger charge is -2.26. The third-order valence-electron chi connectivity index (χ3n) is 3.27. The van der Waals surface area contributed by atoms with Crippen molar-refractivity contribution in [2.24, 2.45) is 0 Å². The summed E-state index contributed by atoms with van der Waals surface area (Å²) in [5, 5.41) is 12.1. The van der Waals surface area contributed by atoms with Gasteiger partial charge in [0.05, 0.1) is 25.7 Å². The molecular formula is C14H20N4O. The van der Waals surface area contributed by atoms with Gasteiger partial charge in [0.25, 0.3) is 0 Å². The molecule has 1 heterocycles. The lowest BCUT2D eigenvalue weighted by molar-refractivity contribution is 0.0398. The summed E-state index contributed by atoms with van der Waals surface area (Å²) in [5.41, 5.74) is 8.41. The van der Waals surface area contributed by atoms with Gasteiger partial charge in [0, 0.05) is 37.6 Å². The topological polar surface area (TPSA) is 74.3 Å². The number of ether oxygens (including phenoxy) is 1. The van der Waals surface area contributed by atoms with Crippen LogP contribution in [0.2, 0.25) is 0 Å². The second-order valence-electron chi connectivity index (χ2n) is 4.63. The van der Waals surface area contributed by atoms with Gasteiger partial charge in [0.1, 0.15) is 0 Å². The zero-order valence-electron chi connectivity index (χ0n) is 11.1. The molecular weight excluding hydrogens is 240 g/mol. The van der Waals surface area contributed by atoms with Gasteiger partial charge in [0.15, 0.2) is 0 Å². The van der Waals surface area contributed by atoms with E-state index in [1.165, 1.54) is 0 Å². The van der Waals surface area contributed by atoms with E-state index in [1.54, 1.807) is 0 Å². The Balaban J connectivity index is 1.82. The number of morpholine rings is 1. The highest BCUT2D eigenvalue weighted by Crippen LogP contribution is 2.18. The molecule has 102 valence electrons. The van der Waals surface area contributed by atoms with Gasteiger partial charge in [-0.3, -0.25) is 4.90 Å². The van der Waals surface area contributed by atoms with Crippen LogP contribution >= 0.6 is 0 Å².